The van der Waals surface area contributed by atoms with E-state index in [-0.39, 0.29) is 11.6 Å². The van der Waals surface area contributed by atoms with Gasteiger partial charge in [0.1, 0.15) is 5.60 Å². The van der Waals surface area contributed by atoms with Crippen molar-refractivity contribution in [3.05, 3.63) is 12.8 Å². The van der Waals surface area contributed by atoms with Crippen molar-refractivity contribution in [2.45, 2.75) is 32.4 Å². The molecule has 0 bridgehead atoms. The van der Waals surface area contributed by atoms with Gasteiger partial charge in [0.25, 0.3) is 0 Å². The van der Waals surface area contributed by atoms with Crippen molar-refractivity contribution < 1.29 is 4.74 Å². The van der Waals surface area contributed by atoms with E-state index < -0.39 is 0 Å². The molecule has 0 aliphatic heterocycles. The second-order valence-corrected chi connectivity index (χ2v) is 2.68. The van der Waals surface area contributed by atoms with Crippen molar-refractivity contribution in [1.82, 2.24) is 0 Å². The molecule has 9 heavy (non-hydrogen) atoms. The van der Waals surface area contributed by atoms with Gasteiger partial charge >= 0.3 is 0 Å². The molecule has 0 heterocycles. The monoisotopic (exact) mass is 129 g/mol. The SMILES string of the molecule is C=COC(C)(C)C(C)N. The Kier molecular flexibility index (Phi) is 2.71. The Morgan fingerprint density at radius 3 is 2.22 bits per heavy atom. The summed E-state index contributed by atoms with van der Waals surface area (Å²) in [6.45, 7) is 9.22. The summed E-state index contributed by atoms with van der Waals surface area (Å²) in [5.41, 5.74) is 5.29. The second kappa shape index (κ2) is 2.87. The van der Waals surface area contributed by atoms with Crippen molar-refractivity contribution in [3.8, 4) is 0 Å². The Morgan fingerprint density at radius 1 is 1.67 bits per heavy atom. The number of hydrogen-bond donors (Lipinski definition) is 1. The molecule has 0 rings (SSSR count). The Hall–Kier alpha value is -0.500. The first kappa shape index (κ1) is 8.50. The minimum Gasteiger partial charge on any atom is -0.494 e. The fraction of sp³-hybridized carbons (Fsp3) is 0.714. The molecule has 0 aliphatic rings. The van der Waals surface area contributed by atoms with Gasteiger partial charge in [0.15, 0.2) is 0 Å². The molecule has 0 aromatic rings. The Morgan fingerprint density at radius 2 is 2.11 bits per heavy atom. The van der Waals surface area contributed by atoms with E-state index in [1.54, 1.807) is 0 Å². The third-order valence-corrected chi connectivity index (χ3v) is 1.48. The van der Waals surface area contributed by atoms with Crippen molar-refractivity contribution in [1.29, 1.82) is 0 Å². The first-order chi connectivity index (χ1) is 4.00. The molecule has 1 atom stereocenters. The molecule has 0 saturated heterocycles. The maximum absolute atomic E-state index is 5.58. The van der Waals surface area contributed by atoms with E-state index in [9.17, 15) is 0 Å². The zero-order valence-electron chi connectivity index (χ0n) is 6.35. The van der Waals surface area contributed by atoms with E-state index in [0.717, 1.165) is 0 Å². The van der Waals surface area contributed by atoms with Gasteiger partial charge in [-0.15, -0.1) is 0 Å². The summed E-state index contributed by atoms with van der Waals surface area (Å²) in [5.74, 6) is 0. The molecule has 2 heteroatoms. The van der Waals surface area contributed by atoms with E-state index in [1.807, 2.05) is 20.8 Å². The van der Waals surface area contributed by atoms with Gasteiger partial charge in [0, 0.05) is 6.04 Å². The van der Waals surface area contributed by atoms with E-state index in [4.69, 9.17) is 10.5 Å². The highest BCUT2D eigenvalue weighted by Gasteiger charge is 2.22. The molecule has 0 saturated carbocycles. The highest BCUT2D eigenvalue weighted by molar-refractivity contribution is 4.80. The fourth-order valence-corrected chi connectivity index (χ4v) is 0.322. The Bertz CT molecular complexity index is 97.1. The van der Waals surface area contributed by atoms with Gasteiger partial charge < -0.3 is 10.5 Å². The predicted molar refractivity (Wildman–Crippen MR) is 39.0 cm³/mol. The van der Waals surface area contributed by atoms with Gasteiger partial charge in [-0.3, -0.25) is 0 Å². The van der Waals surface area contributed by atoms with Crippen LogP contribution in [0.15, 0.2) is 12.8 Å². The van der Waals surface area contributed by atoms with E-state index in [1.165, 1.54) is 6.26 Å². The van der Waals surface area contributed by atoms with Crippen LogP contribution in [-0.4, -0.2) is 11.6 Å². The molecule has 0 fully saturated rings. The summed E-state index contributed by atoms with van der Waals surface area (Å²) < 4.78 is 5.13. The molecule has 0 amide bonds. The van der Waals surface area contributed by atoms with Gasteiger partial charge in [-0.25, -0.2) is 0 Å². The van der Waals surface area contributed by atoms with Crippen LogP contribution in [-0.2, 0) is 4.74 Å². The lowest BCUT2D eigenvalue weighted by molar-refractivity contribution is 0.0387. The lowest BCUT2D eigenvalue weighted by Gasteiger charge is -2.27. The smallest absolute Gasteiger partial charge is 0.117 e. The maximum Gasteiger partial charge on any atom is 0.117 e. The minimum atomic E-state index is -0.290. The van der Waals surface area contributed by atoms with Crippen LogP contribution >= 0.6 is 0 Å². The van der Waals surface area contributed by atoms with Crippen molar-refractivity contribution in [2.24, 2.45) is 5.73 Å². The van der Waals surface area contributed by atoms with E-state index >= 15 is 0 Å². The average molecular weight is 129 g/mol. The van der Waals surface area contributed by atoms with Gasteiger partial charge in [0.05, 0.1) is 6.26 Å². The molecule has 0 spiro atoms. The first-order valence-electron chi connectivity index (χ1n) is 3.05. The van der Waals surface area contributed by atoms with Crippen LogP contribution in [0.1, 0.15) is 20.8 Å². The molecule has 0 aromatic carbocycles. The standard InChI is InChI=1S/C7H15NO/c1-5-9-7(3,4)6(2)8/h5-6H,1,8H2,2-4H3. The molecule has 0 aromatic heterocycles. The summed E-state index contributed by atoms with van der Waals surface area (Å²) in [6.07, 6.45) is 1.42. The predicted octanol–water partition coefficient (Wildman–Crippen LogP) is 1.27. The van der Waals surface area contributed by atoms with E-state index in [0.29, 0.717) is 0 Å². The number of nitrogens with two attached hydrogens (primary N) is 1. The summed E-state index contributed by atoms with van der Waals surface area (Å²) in [4.78, 5) is 0. The zero-order chi connectivity index (χ0) is 7.49. The topological polar surface area (TPSA) is 35.2 Å². The van der Waals surface area contributed by atoms with E-state index in [2.05, 4.69) is 6.58 Å². The first-order valence-corrected chi connectivity index (χ1v) is 3.05. The quantitative estimate of drug-likeness (QED) is 0.582. The summed E-state index contributed by atoms with van der Waals surface area (Å²) in [7, 11) is 0. The Labute approximate surface area is 56.7 Å². The molecular weight excluding hydrogens is 114 g/mol. The second-order valence-electron chi connectivity index (χ2n) is 2.68. The third-order valence-electron chi connectivity index (χ3n) is 1.48. The zero-order valence-corrected chi connectivity index (χ0v) is 6.35. The lowest BCUT2D eigenvalue weighted by atomic mass is 10.0. The highest BCUT2D eigenvalue weighted by atomic mass is 16.5. The van der Waals surface area contributed by atoms with Crippen LogP contribution in [0, 0.1) is 0 Å². The van der Waals surface area contributed by atoms with Crippen LogP contribution in [0.3, 0.4) is 0 Å². The van der Waals surface area contributed by atoms with Gasteiger partial charge in [-0.1, -0.05) is 6.58 Å². The molecule has 0 aliphatic carbocycles. The van der Waals surface area contributed by atoms with Crippen molar-refractivity contribution in [3.63, 3.8) is 0 Å². The minimum absolute atomic E-state index is 0.0236. The maximum atomic E-state index is 5.58. The summed E-state index contributed by atoms with van der Waals surface area (Å²) in [5, 5.41) is 0. The highest BCUT2D eigenvalue weighted by Crippen LogP contribution is 2.12. The van der Waals surface area contributed by atoms with Crippen LogP contribution in [0.25, 0.3) is 0 Å². The summed E-state index contributed by atoms with van der Waals surface area (Å²) >= 11 is 0. The lowest BCUT2D eigenvalue weighted by Crippen LogP contribution is -2.41. The van der Waals surface area contributed by atoms with Crippen molar-refractivity contribution in [2.75, 3.05) is 0 Å². The molecule has 54 valence electrons. The largest absolute Gasteiger partial charge is 0.494 e. The Balaban J connectivity index is 3.84. The van der Waals surface area contributed by atoms with Crippen LogP contribution in [0.4, 0.5) is 0 Å². The molecule has 2 nitrogen and oxygen atoms in total. The molecule has 1 unspecified atom stereocenters. The number of rotatable bonds is 3. The van der Waals surface area contributed by atoms with Crippen LogP contribution in [0.5, 0.6) is 0 Å². The summed E-state index contributed by atoms with van der Waals surface area (Å²) in [6, 6.07) is 0.0236. The van der Waals surface area contributed by atoms with Gasteiger partial charge in [-0.2, -0.15) is 0 Å². The average Bonchev–Trinajstić information content (AvgIpc) is 1.65. The van der Waals surface area contributed by atoms with Crippen LogP contribution in [0.2, 0.25) is 0 Å². The fourth-order valence-electron chi connectivity index (χ4n) is 0.322. The molecule has 2 N–H and O–H groups in total. The van der Waals surface area contributed by atoms with Gasteiger partial charge in [-0.05, 0) is 20.8 Å². The number of hydrogen-bond acceptors (Lipinski definition) is 2. The normalized spacial score (nSPS) is 14.7. The third kappa shape index (κ3) is 2.51. The number of ether oxygens (including phenoxy) is 1. The van der Waals surface area contributed by atoms with Crippen LogP contribution < -0.4 is 5.73 Å². The van der Waals surface area contributed by atoms with Crippen molar-refractivity contribution >= 4 is 0 Å². The molecular formula is C7H15NO. The van der Waals surface area contributed by atoms with Gasteiger partial charge in [0.2, 0.25) is 0 Å². The molecule has 0 radical (unpaired) electrons.